The summed E-state index contributed by atoms with van der Waals surface area (Å²) >= 11 is 3.05. The molecule has 1 aromatic heterocycles. The number of rotatable bonds is 4. The molecule has 1 aromatic carbocycles. The summed E-state index contributed by atoms with van der Waals surface area (Å²) in [5, 5.41) is 16.0. The van der Waals surface area contributed by atoms with Gasteiger partial charge in [-0.05, 0) is 46.3 Å². The summed E-state index contributed by atoms with van der Waals surface area (Å²) in [6.07, 6.45) is 1.41. The average molecular weight is 358 g/mol. The van der Waals surface area contributed by atoms with Gasteiger partial charge in [-0.3, -0.25) is 4.72 Å². The second kappa shape index (κ2) is 5.55. The highest BCUT2D eigenvalue weighted by Crippen LogP contribution is 2.24. The van der Waals surface area contributed by atoms with Crippen LogP contribution in [-0.2, 0) is 10.0 Å². The predicted molar refractivity (Wildman–Crippen MR) is 73.9 cm³/mol. The number of anilines is 1. The Morgan fingerprint density at radius 1 is 1.30 bits per heavy atom. The first-order valence-corrected chi connectivity index (χ1v) is 7.51. The Kier molecular flexibility index (Phi) is 4.00. The van der Waals surface area contributed by atoms with E-state index in [1.807, 2.05) is 0 Å². The second-order valence-corrected chi connectivity index (χ2v) is 6.17. The van der Waals surface area contributed by atoms with Crippen LogP contribution >= 0.6 is 15.9 Å². The van der Waals surface area contributed by atoms with Crippen molar-refractivity contribution >= 4 is 37.7 Å². The summed E-state index contributed by atoms with van der Waals surface area (Å²) in [4.78, 5) is 10.7. The van der Waals surface area contributed by atoms with Crippen molar-refractivity contribution in [3.05, 3.63) is 46.6 Å². The number of sulfonamides is 1. The summed E-state index contributed by atoms with van der Waals surface area (Å²) in [7, 11) is -3.88. The third-order valence-corrected chi connectivity index (χ3v) is 4.61. The summed E-state index contributed by atoms with van der Waals surface area (Å²) in [6, 6.07) is 6.61. The van der Waals surface area contributed by atoms with E-state index in [1.54, 1.807) is 0 Å². The lowest BCUT2D eigenvalue weighted by molar-refractivity contribution is 0.0696. The maximum absolute atomic E-state index is 12.1. The van der Waals surface area contributed by atoms with Crippen LogP contribution in [0.1, 0.15) is 10.4 Å². The average Bonchev–Trinajstić information content (AvgIpc) is 2.38. The second-order valence-electron chi connectivity index (χ2n) is 3.66. The van der Waals surface area contributed by atoms with Gasteiger partial charge in [0.15, 0.2) is 5.82 Å². The molecule has 0 aliphatic rings. The Morgan fingerprint density at radius 3 is 2.60 bits per heavy atom. The van der Waals surface area contributed by atoms with Gasteiger partial charge >= 0.3 is 5.97 Å². The number of nitrogens with zero attached hydrogens (tertiary/aromatic N) is 2. The highest BCUT2D eigenvalue weighted by Gasteiger charge is 2.19. The standard InChI is InChI=1S/C11H8BrN3O4S/c12-8-6-7(11(16)17)3-4-9(8)20(18,19)15-10-2-1-5-13-14-10/h1-6H,(H,14,15)(H,16,17). The van der Waals surface area contributed by atoms with Crippen LogP contribution in [0.4, 0.5) is 5.82 Å². The van der Waals surface area contributed by atoms with Crippen LogP contribution < -0.4 is 4.72 Å². The van der Waals surface area contributed by atoms with Crippen molar-refractivity contribution in [2.45, 2.75) is 4.90 Å². The molecule has 0 radical (unpaired) electrons. The smallest absolute Gasteiger partial charge is 0.335 e. The number of halogens is 1. The summed E-state index contributed by atoms with van der Waals surface area (Å²) in [5.41, 5.74) is -0.0182. The van der Waals surface area contributed by atoms with Gasteiger partial charge in [0.1, 0.15) is 4.90 Å². The Labute approximate surface area is 122 Å². The molecule has 0 saturated carbocycles. The van der Waals surface area contributed by atoms with Crippen molar-refractivity contribution in [2.24, 2.45) is 0 Å². The molecule has 9 heteroatoms. The van der Waals surface area contributed by atoms with E-state index in [0.29, 0.717) is 0 Å². The number of carbonyl (C=O) groups is 1. The van der Waals surface area contributed by atoms with Crippen LogP contribution in [0.3, 0.4) is 0 Å². The number of aromatic nitrogens is 2. The van der Waals surface area contributed by atoms with Gasteiger partial charge in [0, 0.05) is 10.7 Å². The van der Waals surface area contributed by atoms with Gasteiger partial charge in [-0.15, -0.1) is 5.10 Å². The molecule has 0 bridgehead atoms. The van der Waals surface area contributed by atoms with Crippen molar-refractivity contribution in [3.63, 3.8) is 0 Å². The Morgan fingerprint density at radius 2 is 2.05 bits per heavy atom. The van der Waals surface area contributed by atoms with Crippen molar-refractivity contribution in [3.8, 4) is 0 Å². The molecule has 2 rings (SSSR count). The number of aromatic carboxylic acids is 1. The van der Waals surface area contributed by atoms with E-state index >= 15 is 0 Å². The maximum Gasteiger partial charge on any atom is 0.335 e. The van der Waals surface area contributed by atoms with E-state index in [2.05, 4.69) is 30.8 Å². The maximum atomic E-state index is 12.1. The molecule has 0 atom stereocenters. The topological polar surface area (TPSA) is 109 Å². The van der Waals surface area contributed by atoms with Gasteiger partial charge < -0.3 is 5.11 Å². The number of carboxylic acid groups (broad SMARTS) is 1. The molecule has 2 aromatic rings. The van der Waals surface area contributed by atoms with E-state index in [0.717, 1.165) is 0 Å². The Hall–Kier alpha value is -2.00. The Bertz CT molecular complexity index is 750. The molecule has 0 aliphatic heterocycles. The third kappa shape index (κ3) is 3.11. The van der Waals surface area contributed by atoms with Gasteiger partial charge in [0.25, 0.3) is 10.0 Å². The normalized spacial score (nSPS) is 11.1. The zero-order valence-electron chi connectivity index (χ0n) is 9.82. The van der Waals surface area contributed by atoms with E-state index in [9.17, 15) is 13.2 Å². The first kappa shape index (κ1) is 14.4. The SMILES string of the molecule is O=C(O)c1ccc(S(=O)(=O)Nc2cccnn2)c(Br)c1. The van der Waals surface area contributed by atoms with Crippen LogP contribution in [0.15, 0.2) is 45.9 Å². The molecule has 0 fully saturated rings. The highest BCUT2D eigenvalue weighted by molar-refractivity contribution is 9.10. The molecule has 0 amide bonds. The van der Waals surface area contributed by atoms with Crippen LogP contribution in [0.5, 0.6) is 0 Å². The highest BCUT2D eigenvalue weighted by atomic mass is 79.9. The Balaban J connectivity index is 2.37. The minimum Gasteiger partial charge on any atom is -0.478 e. The summed E-state index contributed by atoms with van der Waals surface area (Å²) in [6.45, 7) is 0. The lowest BCUT2D eigenvalue weighted by Crippen LogP contribution is -2.15. The van der Waals surface area contributed by atoms with Crippen molar-refractivity contribution < 1.29 is 18.3 Å². The van der Waals surface area contributed by atoms with Crippen LogP contribution in [-0.4, -0.2) is 29.7 Å². The minimum absolute atomic E-state index is 0.0182. The summed E-state index contributed by atoms with van der Waals surface area (Å²) < 4.78 is 26.7. The predicted octanol–water partition coefficient (Wildman–Crippen LogP) is 1.74. The monoisotopic (exact) mass is 357 g/mol. The quantitative estimate of drug-likeness (QED) is 0.862. The van der Waals surface area contributed by atoms with Crippen LogP contribution in [0.25, 0.3) is 0 Å². The zero-order valence-corrected chi connectivity index (χ0v) is 12.2. The molecule has 104 valence electrons. The van der Waals surface area contributed by atoms with Gasteiger partial charge in [0.05, 0.1) is 5.56 Å². The van der Waals surface area contributed by atoms with E-state index < -0.39 is 16.0 Å². The molecular weight excluding hydrogens is 350 g/mol. The van der Waals surface area contributed by atoms with Gasteiger partial charge in [-0.1, -0.05) is 0 Å². The lowest BCUT2D eigenvalue weighted by atomic mass is 10.2. The van der Waals surface area contributed by atoms with Gasteiger partial charge in [-0.25, -0.2) is 13.2 Å². The van der Waals surface area contributed by atoms with E-state index in [4.69, 9.17) is 5.11 Å². The first-order chi connectivity index (χ1) is 9.40. The number of benzene rings is 1. The zero-order chi connectivity index (χ0) is 14.8. The number of hydrogen-bond donors (Lipinski definition) is 2. The number of carboxylic acids is 1. The van der Waals surface area contributed by atoms with Crippen LogP contribution in [0, 0.1) is 0 Å². The van der Waals surface area contributed by atoms with E-state index in [-0.39, 0.29) is 20.7 Å². The molecule has 0 aliphatic carbocycles. The van der Waals surface area contributed by atoms with E-state index in [1.165, 1.54) is 36.5 Å². The van der Waals surface area contributed by atoms with Crippen LogP contribution in [0.2, 0.25) is 0 Å². The fraction of sp³-hybridized carbons (Fsp3) is 0. The van der Waals surface area contributed by atoms with Gasteiger partial charge in [0.2, 0.25) is 0 Å². The summed E-state index contributed by atoms with van der Waals surface area (Å²) in [5.74, 6) is -1.07. The molecule has 1 heterocycles. The molecule has 20 heavy (non-hydrogen) atoms. The third-order valence-electron chi connectivity index (χ3n) is 2.28. The fourth-order valence-corrected chi connectivity index (χ4v) is 3.48. The molecule has 7 nitrogen and oxygen atoms in total. The first-order valence-electron chi connectivity index (χ1n) is 5.23. The fourth-order valence-electron chi connectivity index (χ4n) is 1.40. The lowest BCUT2D eigenvalue weighted by Gasteiger charge is -2.08. The van der Waals surface area contributed by atoms with Gasteiger partial charge in [-0.2, -0.15) is 5.10 Å². The van der Waals surface area contributed by atoms with Crippen molar-refractivity contribution in [1.82, 2.24) is 10.2 Å². The number of nitrogens with one attached hydrogen (secondary N) is 1. The molecular formula is C11H8BrN3O4S. The molecule has 0 spiro atoms. The number of hydrogen-bond acceptors (Lipinski definition) is 5. The molecule has 2 N–H and O–H groups in total. The van der Waals surface area contributed by atoms with Crippen molar-refractivity contribution in [2.75, 3.05) is 4.72 Å². The molecule has 0 unspecified atom stereocenters. The largest absolute Gasteiger partial charge is 0.478 e. The molecule has 0 saturated heterocycles. The minimum atomic E-state index is -3.88. The van der Waals surface area contributed by atoms with Crippen molar-refractivity contribution in [1.29, 1.82) is 0 Å².